The molecule has 1 heterocycles. The van der Waals surface area contributed by atoms with E-state index < -0.39 is 5.97 Å². The Bertz CT molecular complexity index is 605. The van der Waals surface area contributed by atoms with Gasteiger partial charge in [-0.1, -0.05) is 6.07 Å². The van der Waals surface area contributed by atoms with Crippen molar-refractivity contribution in [3.05, 3.63) is 46.0 Å². The summed E-state index contributed by atoms with van der Waals surface area (Å²) in [6, 6.07) is 6.01. The number of aryl methyl sites for hydroxylation is 2. The molecule has 0 bridgehead atoms. The van der Waals surface area contributed by atoms with E-state index in [1.165, 1.54) is 0 Å². The SMILES string of the molecule is Cc1ccc(-n2cc(CC(=O)O)nc2C)c(Br)c1. The van der Waals surface area contributed by atoms with Gasteiger partial charge in [0.25, 0.3) is 0 Å². The number of carboxylic acids is 1. The Morgan fingerprint density at radius 3 is 2.78 bits per heavy atom. The fourth-order valence-electron chi connectivity index (χ4n) is 1.82. The molecule has 5 heteroatoms. The first-order valence-corrected chi connectivity index (χ1v) is 6.30. The molecule has 4 nitrogen and oxygen atoms in total. The molecule has 0 atom stereocenters. The van der Waals surface area contributed by atoms with Gasteiger partial charge in [0, 0.05) is 10.7 Å². The molecule has 0 radical (unpaired) electrons. The molecule has 18 heavy (non-hydrogen) atoms. The summed E-state index contributed by atoms with van der Waals surface area (Å²) in [7, 11) is 0. The Balaban J connectivity index is 2.44. The summed E-state index contributed by atoms with van der Waals surface area (Å²) in [6.45, 7) is 3.88. The number of carboxylic acid groups (broad SMARTS) is 1. The molecule has 0 aliphatic rings. The monoisotopic (exact) mass is 308 g/mol. The lowest BCUT2D eigenvalue weighted by molar-refractivity contribution is -0.136. The Labute approximate surface area is 113 Å². The van der Waals surface area contributed by atoms with Gasteiger partial charge in [-0.15, -0.1) is 0 Å². The largest absolute Gasteiger partial charge is 0.481 e. The number of hydrogen-bond acceptors (Lipinski definition) is 2. The first-order chi connectivity index (χ1) is 8.47. The molecule has 1 N–H and O–H groups in total. The first kappa shape index (κ1) is 12.8. The molecule has 0 aliphatic heterocycles. The van der Waals surface area contributed by atoms with Crippen LogP contribution < -0.4 is 0 Å². The maximum Gasteiger partial charge on any atom is 0.309 e. The molecule has 0 spiro atoms. The van der Waals surface area contributed by atoms with Gasteiger partial charge in [0.1, 0.15) is 5.82 Å². The minimum Gasteiger partial charge on any atom is -0.481 e. The molecule has 0 amide bonds. The van der Waals surface area contributed by atoms with Crippen molar-refractivity contribution >= 4 is 21.9 Å². The molecule has 2 rings (SSSR count). The van der Waals surface area contributed by atoms with Gasteiger partial charge in [0.05, 0.1) is 17.8 Å². The van der Waals surface area contributed by atoms with E-state index in [0.717, 1.165) is 21.5 Å². The van der Waals surface area contributed by atoms with Gasteiger partial charge in [0.2, 0.25) is 0 Å². The first-order valence-electron chi connectivity index (χ1n) is 5.50. The maximum atomic E-state index is 10.7. The second kappa shape index (κ2) is 4.94. The van der Waals surface area contributed by atoms with Gasteiger partial charge in [-0.25, -0.2) is 4.98 Å². The molecule has 0 saturated carbocycles. The summed E-state index contributed by atoms with van der Waals surface area (Å²) in [6.07, 6.45) is 1.70. The fraction of sp³-hybridized carbons (Fsp3) is 0.231. The van der Waals surface area contributed by atoms with Gasteiger partial charge in [0.15, 0.2) is 0 Å². The topological polar surface area (TPSA) is 55.1 Å². The summed E-state index contributed by atoms with van der Waals surface area (Å²) < 4.78 is 2.85. The lowest BCUT2D eigenvalue weighted by atomic mass is 10.2. The highest BCUT2D eigenvalue weighted by Gasteiger charge is 2.11. The number of aromatic nitrogens is 2. The van der Waals surface area contributed by atoms with Crippen molar-refractivity contribution in [2.75, 3.05) is 0 Å². The molecule has 0 unspecified atom stereocenters. The van der Waals surface area contributed by atoms with Crippen LogP contribution in [0.25, 0.3) is 5.69 Å². The Hall–Kier alpha value is -1.62. The van der Waals surface area contributed by atoms with Crippen LogP contribution in [0.3, 0.4) is 0 Å². The van der Waals surface area contributed by atoms with E-state index in [2.05, 4.69) is 20.9 Å². The molecule has 0 fully saturated rings. The molecular weight excluding hydrogens is 296 g/mol. The van der Waals surface area contributed by atoms with E-state index in [1.54, 1.807) is 6.20 Å². The van der Waals surface area contributed by atoms with Gasteiger partial charge in [-0.2, -0.15) is 0 Å². The third-order valence-corrected chi connectivity index (χ3v) is 3.26. The fourth-order valence-corrected chi connectivity index (χ4v) is 2.51. The second-order valence-electron chi connectivity index (χ2n) is 4.17. The van der Waals surface area contributed by atoms with Crippen molar-refractivity contribution in [2.24, 2.45) is 0 Å². The van der Waals surface area contributed by atoms with Crippen molar-refractivity contribution in [1.82, 2.24) is 9.55 Å². The Morgan fingerprint density at radius 2 is 2.17 bits per heavy atom. The van der Waals surface area contributed by atoms with Crippen molar-refractivity contribution in [1.29, 1.82) is 0 Å². The van der Waals surface area contributed by atoms with Crippen LogP contribution in [0.2, 0.25) is 0 Å². The number of rotatable bonds is 3. The highest BCUT2D eigenvalue weighted by Crippen LogP contribution is 2.24. The molecule has 1 aromatic carbocycles. The minimum absolute atomic E-state index is 0.0582. The molecular formula is C13H13BrN2O2. The number of carbonyl (C=O) groups is 1. The van der Waals surface area contributed by atoms with Crippen LogP contribution in [0.15, 0.2) is 28.9 Å². The van der Waals surface area contributed by atoms with Gasteiger partial charge >= 0.3 is 5.97 Å². The zero-order chi connectivity index (χ0) is 13.3. The highest BCUT2D eigenvalue weighted by atomic mass is 79.9. The number of aliphatic carboxylic acids is 1. The highest BCUT2D eigenvalue weighted by molar-refractivity contribution is 9.10. The van der Waals surface area contributed by atoms with E-state index in [9.17, 15) is 4.79 Å². The summed E-state index contributed by atoms with van der Waals surface area (Å²) >= 11 is 3.51. The van der Waals surface area contributed by atoms with E-state index in [4.69, 9.17) is 5.11 Å². The maximum absolute atomic E-state index is 10.7. The van der Waals surface area contributed by atoms with Crippen molar-refractivity contribution in [3.8, 4) is 5.69 Å². The standard InChI is InChI=1S/C13H13BrN2O2/c1-8-3-4-12(11(14)5-8)16-7-10(6-13(17)18)15-9(16)2/h3-5,7H,6H2,1-2H3,(H,17,18). The van der Waals surface area contributed by atoms with E-state index >= 15 is 0 Å². The third-order valence-electron chi connectivity index (χ3n) is 2.63. The summed E-state index contributed by atoms with van der Waals surface area (Å²) in [5.41, 5.74) is 2.68. The quantitative estimate of drug-likeness (QED) is 0.948. The van der Waals surface area contributed by atoms with Crippen molar-refractivity contribution in [3.63, 3.8) is 0 Å². The van der Waals surface area contributed by atoms with E-state index in [1.807, 2.05) is 36.6 Å². The number of imidazole rings is 1. The second-order valence-corrected chi connectivity index (χ2v) is 5.03. The van der Waals surface area contributed by atoms with Crippen LogP contribution in [0.5, 0.6) is 0 Å². The van der Waals surface area contributed by atoms with E-state index in [0.29, 0.717) is 5.69 Å². The molecule has 1 aromatic heterocycles. The normalized spacial score (nSPS) is 10.6. The van der Waals surface area contributed by atoms with Gasteiger partial charge in [-0.3, -0.25) is 4.79 Å². The lowest BCUT2D eigenvalue weighted by Crippen LogP contribution is -2.00. The summed E-state index contributed by atoms with van der Waals surface area (Å²) in [4.78, 5) is 14.9. The average molecular weight is 309 g/mol. The predicted octanol–water partition coefficient (Wildman–Crippen LogP) is 2.88. The summed E-state index contributed by atoms with van der Waals surface area (Å²) in [5, 5.41) is 8.77. The molecule has 2 aromatic rings. The minimum atomic E-state index is -0.873. The van der Waals surface area contributed by atoms with Crippen LogP contribution in [0, 0.1) is 13.8 Å². The molecule has 94 valence electrons. The Morgan fingerprint density at radius 1 is 1.44 bits per heavy atom. The average Bonchev–Trinajstić information content (AvgIpc) is 2.58. The van der Waals surface area contributed by atoms with E-state index in [-0.39, 0.29) is 6.42 Å². The van der Waals surface area contributed by atoms with Crippen LogP contribution >= 0.6 is 15.9 Å². The van der Waals surface area contributed by atoms with Gasteiger partial charge in [-0.05, 0) is 47.5 Å². The number of halogens is 1. The predicted molar refractivity (Wildman–Crippen MR) is 72.1 cm³/mol. The number of hydrogen-bond donors (Lipinski definition) is 1. The number of benzene rings is 1. The lowest BCUT2D eigenvalue weighted by Gasteiger charge is -2.08. The van der Waals surface area contributed by atoms with Crippen molar-refractivity contribution in [2.45, 2.75) is 20.3 Å². The molecule has 0 aliphatic carbocycles. The van der Waals surface area contributed by atoms with Gasteiger partial charge < -0.3 is 9.67 Å². The number of nitrogens with zero attached hydrogens (tertiary/aromatic N) is 2. The molecule has 0 saturated heterocycles. The van der Waals surface area contributed by atoms with Crippen molar-refractivity contribution < 1.29 is 9.90 Å². The summed E-state index contributed by atoms with van der Waals surface area (Å²) in [5.74, 6) is -0.0987. The van der Waals surface area contributed by atoms with Crippen LogP contribution in [0.4, 0.5) is 0 Å². The van der Waals surface area contributed by atoms with Crippen LogP contribution in [0.1, 0.15) is 17.1 Å². The zero-order valence-electron chi connectivity index (χ0n) is 10.1. The smallest absolute Gasteiger partial charge is 0.309 e. The van der Waals surface area contributed by atoms with Crippen LogP contribution in [-0.4, -0.2) is 20.6 Å². The Kier molecular flexibility index (Phi) is 3.52. The van der Waals surface area contributed by atoms with Crippen LogP contribution in [-0.2, 0) is 11.2 Å². The zero-order valence-corrected chi connectivity index (χ0v) is 11.7. The third kappa shape index (κ3) is 2.61.